The average molecular weight is 279 g/mol. The Bertz CT molecular complexity index is 551. The second-order valence-corrected chi connectivity index (χ2v) is 6.14. The predicted molar refractivity (Wildman–Crippen MR) is 82.5 cm³/mol. The summed E-state index contributed by atoms with van der Waals surface area (Å²) >= 11 is 1.60. The fourth-order valence-electron chi connectivity index (χ4n) is 2.22. The fourth-order valence-corrected chi connectivity index (χ4v) is 2.98. The normalized spacial score (nSPS) is 12.9. The van der Waals surface area contributed by atoms with Gasteiger partial charge in [-0.25, -0.2) is 10.8 Å². The summed E-state index contributed by atoms with van der Waals surface area (Å²) in [5.74, 6) is 7.51. The van der Waals surface area contributed by atoms with Crippen LogP contribution in [0.4, 0.5) is 11.8 Å². The van der Waals surface area contributed by atoms with Gasteiger partial charge in [-0.3, -0.25) is 5.43 Å². The van der Waals surface area contributed by atoms with Gasteiger partial charge in [0.1, 0.15) is 10.6 Å². The number of thiophene rings is 1. The Hall–Kier alpha value is -1.40. The van der Waals surface area contributed by atoms with Crippen molar-refractivity contribution in [2.75, 3.05) is 17.4 Å². The minimum atomic E-state index is 0.420. The molecule has 104 valence electrons. The van der Waals surface area contributed by atoms with E-state index in [9.17, 15) is 0 Å². The minimum absolute atomic E-state index is 0.420. The Morgan fingerprint density at radius 3 is 2.74 bits per heavy atom. The van der Waals surface area contributed by atoms with Gasteiger partial charge in [0.15, 0.2) is 0 Å². The number of hydrazine groups is 1. The van der Waals surface area contributed by atoms with Crippen molar-refractivity contribution in [3.8, 4) is 0 Å². The third-order valence-corrected chi connectivity index (χ3v) is 4.05. The van der Waals surface area contributed by atoms with Crippen LogP contribution >= 0.6 is 11.3 Å². The van der Waals surface area contributed by atoms with Crippen LogP contribution in [0.1, 0.15) is 27.2 Å². The Morgan fingerprint density at radius 1 is 1.37 bits per heavy atom. The second kappa shape index (κ2) is 5.71. The molecular formula is C13H21N5S. The molecule has 0 aromatic carbocycles. The number of nitrogens with one attached hydrogen (secondary N) is 1. The topological polar surface area (TPSA) is 67.1 Å². The van der Waals surface area contributed by atoms with E-state index in [1.807, 2.05) is 5.38 Å². The first-order valence-corrected chi connectivity index (χ1v) is 7.35. The second-order valence-electron chi connectivity index (χ2n) is 5.24. The van der Waals surface area contributed by atoms with Gasteiger partial charge in [0.05, 0.1) is 5.39 Å². The van der Waals surface area contributed by atoms with Crippen molar-refractivity contribution < 1.29 is 0 Å². The van der Waals surface area contributed by atoms with E-state index >= 15 is 0 Å². The summed E-state index contributed by atoms with van der Waals surface area (Å²) in [6, 6.07) is 2.48. The maximum absolute atomic E-state index is 5.45. The van der Waals surface area contributed by atoms with Crippen molar-refractivity contribution in [3.05, 3.63) is 11.4 Å². The lowest BCUT2D eigenvalue weighted by molar-refractivity contribution is 0.503. The van der Waals surface area contributed by atoms with Gasteiger partial charge in [-0.2, -0.15) is 4.98 Å². The standard InChI is InChI=1S/C13H21N5S/c1-8(2)7-9(3)18(4)11-10-5-6-19-12(10)16-13(15-11)17-14/h5-6,8-9H,7,14H2,1-4H3,(H,15,16,17). The van der Waals surface area contributed by atoms with Crippen LogP contribution in [-0.2, 0) is 0 Å². The SMILES string of the molecule is CC(C)CC(C)N(C)c1nc(NN)nc2sccc12. The summed E-state index contributed by atoms with van der Waals surface area (Å²) in [5.41, 5.74) is 2.54. The van der Waals surface area contributed by atoms with Crippen molar-refractivity contribution in [1.82, 2.24) is 9.97 Å². The van der Waals surface area contributed by atoms with Gasteiger partial charge in [-0.1, -0.05) is 13.8 Å². The molecule has 0 amide bonds. The van der Waals surface area contributed by atoms with Crippen LogP contribution in [0, 0.1) is 5.92 Å². The van der Waals surface area contributed by atoms with Gasteiger partial charge < -0.3 is 4.90 Å². The van der Waals surface area contributed by atoms with Gasteiger partial charge in [0.25, 0.3) is 0 Å². The Labute approximate surface area is 117 Å². The number of nitrogens with zero attached hydrogens (tertiary/aromatic N) is 3. The monoisotopic (exact) mass is 279 g/mol. The van der Waals surface area contributed by atoms with Crippen molar-refractivity contribution in [2.45, 2.75) is 33.2 Å². The van der Waals surface area contributed by atoms with Crippen molar-refractivity contribution in [3.63, 3.8) is 0 Å². The quantitative estimate of drug-likeness (QED) is 0.650. The molecule has 6 heteroatoms. The molecule has 0 spiro atoms. The number of aromatic nitrogens is 2. The summed E-state index contributed by atoms with van der Waals surface area (Å²) in [4.78, 5) is 12.0. The summed E-state index contributed by atoms with van der Waals surface area (Å²) in [6.07, 6.45) is 1.12. The first-order chi connectivity index (χ1) is 9.02. The molecule has 2 aromatic rings. The van der Waals surface area contributed by atoms with Crippen LogP contribution in [0.2, 0.25) is 0 Å². The molecule has 0 aliphatic rings. The molecule has 2 aromatic heterocycles. The Kier molecular flexibility index (Phi) is 4.21. The zero-order valence-electron chi connectivity index (χ0n) is 11.8. The Balaban J connectivity index is 2.39. The molecule has 0 aliphatic heterocycles. The first kappa shape index (κ1) is 14.0. The molecule has 2 heterocycles. The number of nitrogen functional groups attached to an aromatic ring is 1. The third kappa shape index (κ3) is 2.96. The molecule has 1 unspecified atom stereocenters. The van der Waals surface area contributed by atoms with E-state index < -0.39 is 0 Å². The minimum Gasteiger partial charge on any atom is -0.356 e. The largest absolute Gasteiger partial charge is 0.356 e. The summed E-state index contributed by atoms with van der Waals surface area (Å²) < 4.78 is 0. The first-order valence-electron chi connectivity index (χ1n) is 6.47. The van der Waals surface area contributed by atoms with E-state index in [0.29, 0.717) is 17.9 Å². The van der Waals surface area contributed by atoms with E-state index in [1.165, 1.54) is 0 Å². The van der Waals surface area contributed by atoms with Crippen LogP contribution in [0.15, 0.2) is 11.4 Å². The van der Waals surface area contributed by atoms with Gasteiger partial charge in [0, 0.05) is 13.1 Å². The highest BCUT2D eigenvalue weighted by Crippen LogP contribution is 2.30. The summed E-state index contributed by atoms with van der Waals surface area (Å²) in [5, 5.41) is 3.12. The number of nitrogens with two attached hydrogens (primary N) is 1. The summed E-state index contributed by atoms with van der Waals surface area (Å²) in [7, 11) is 2.08. The smallest absolute Gasteiger partial charge is 0.240 e. The molecule has 3 N–H and O–H groups in total. The third-order valence-electron chi connectivity index (χ3n) is 3.24. The molecule has 0 aliphatic carbocycles. The van der Waals surface area contributed by atoms with Crippen LogP contribution in [0.25, 0.3) is 10.2 Å². The summed E-state index contributed by atoms with van der Waals surface area (Å²) in [6.45, 7) is 6.69. The lowest BCUT2D eigenvalue weighted by atomic mass is 10.0. The van der Waals surface area contributed by atoms with E-state index in [-0.39, 0.29) is 0 Å². The maximum Gasteiger partial charge on any atom is 0.240 e. The highest BCUT2D eigenvalue weighted by molar-refractivity contribution is 7.16. The molecule has 0 radical (unpaired) electrons. The highest BCUT2D eigenvalue weighted by Gasteiger charge is 2.17. The Morgan fingerprint density at radius 2 is 2.11 bits per heavy atom. The fraction of sp³-hybridized carbons (Fsp3) is 0.538. The molecule has 0 saturated heterocycles. The zero-order chi connectivity index (χ0) is 14.0. The van der Waals surface area contributed by atoms with Crippen LogP contribution in [-0.4, -0.2) is 23.1 Å². The molecule has 0 bridgehead atoms. The molecule has 19 heavy (non-hydrogen) atoms. The van der Waals surface area contributed by atoms with Gasteiger partial charge in [-0.05, 0) is 30.7 Å². The van der Waals surface area contributed by atoms with Crippen LogP contribution in [0.5, 0.6) is 0 Å². The van der Waals surface area contributed by atoms with Crippen molar-refractivity contribution >= 4 is 33.3 Å². The van der Waals surface area contributed by atoms with Crippen molar-refractivity contribution in [1.29, 1.82) is 0 Å². The van der Waals surface area contributed by atoms with Gasteiger partial charge in [0.2, 0.25) is 5.95 Å². The van der Waals surface area contributed by atoms with Crippen LogP contribution in [0.3, 0.4) is 0 Å². The van der Waals surface area contributed by atoms with Crippen LogP contribution < -0.4 is 16.2 Å². The van der Waals surface area contributed by atoms with E-state index in [2.05, 4.69) is 54.2 Å². The zero-order valence-corrected chi connectivity index (χ0v) is 12.7. The molecular weight excluding hydrogens is 258 g/mol. The maximum atomic E-state index is 5.45. The molecule has 0 saturated carbocycles. The molecule has 1 atom stereocenters. The van der Waals surface area contributed by atoms with Gasteiger partial charge >= 0.3 is 0 Å². The molecule has 0 fully saturated rings. The van der Waals surface area contributed by atoms with E-state index in [0.717, 1.165) is 22.5 Å². The molecule has 5 nitrogen and oxygen atoms in total. The predicted octanol–water partition coefficient (Wildman–Crippen LogP) is 2.85. The van der Waals surface area contributed by atoms with Crippen molar-refractivity contribution in [2.24, 2.45) is 11.8 Å². The average Bonchev–Trinajstić information content (AvgIpc) is 2.83. The van der Waals surface area contributed by atoms with E-state index in [1.54, 1.807) is 11.3 Å². The van der Waals surface area contributed by atoms with Gasteiger partial charge in [-0.15, -0.1) is 11.3 Å². The highest BCUT2D eigenvalue weighted by atomic mass is 32.1. The number of hydrogen-bond acceptors (Lipinski definition) is 6. The molecule has 2 rings (SSSR count). The number of anilines is 2. The number of hydrogen-bond donors (Lipinski definition) is 2. The van der Waals surface area contributed by atoms with E-state index in [4.69, 9.17) is 5.84 Å². The number of rotatable bonds is 5. The lowest BCUT2D eigenvalue weighted by Crippen LogP contribution is -2.31. The lowest BCUT2D eigenvalue weighted by Gasteiger charge is -2.28. The number of fused-ring (bicyclic) bond motifs is 1.